The van der Waals surface area contributed by atoms with E-state index in [0.717, 1.165) is 24.7 Å². The van der Waals surface area contributed by atoms with Gasteiger partial charge in [0.1, 0.15) is 0 Å². The van der Waals surface area contributed by atoms with Crippen LogP contribution < -0.4 is 10.6 Å². The molecule has 4 nitrogen and oxygen atoms in total. The van der Waals surface area contributed by atoms with Gasteiger partial charge in [0.05, 0.1) is 24.0 Å². The molecule has 0 bridgehead atoms. The van der Waals surface area contributed by atoms with E-state index in [4.69, 9.17) is 10.5 Å². The molecule has 1 aromatic carbocycles. The van der Waals surface area contributed by atoms with Crippen molar-refractivity contribution in [1.82, 2.24) is 0 Å². The molecule has 2 rings (SSSR count). The van der Waals surface area contributed by atoms with E-state index in [2.05, 4.69) is 11.8 Å². The molecule has 0 aliphatic carbocycles. The van der Waals surface area contributed by atoms with Crippen molar-refractivity contribution in [3.63, 3.8) is 0 Å². The molecule has 1 fully saturated rings. The van der Waals surface area contributed by atoms with Crippen LogP contribution in [0.1, 0.15) is 30.1 Å². The van der Waals surface area contributed by atoms with Crippen molar-refractivity contribution >= 4 is 17.3 Å². The number of nitrogens with two attached hydrogens (primary N) is 1. The molecule has 1 aliphatic heterocycles. The van der Waals surface area contributed by atoms with Crippen molar-refractivity contribution in [2.45, 2.75) is 19.8 Å². The number of benzene rings is 1. The predicted octanol–water partition coefficient (Wildman–Crippen LogP) is 2.29. The van der Waals surface area contributed by atoms with Gasteiger partial charge in [-0.3, -0.25) is 0 Å². The number of esters is 1. The van der Waals surface area contributed by atoms with Gasteiger partial charge < -0.3 is 15.4 Å². The molecule has 0 amide bonds. The first-order valence-electron chi connectivity index (χ1n) is 6.39. The molecule has 1 aromatic rings. The van der Waals surface area contributed by atoms with Crippen LogP contribution in [0.2, 0.25) is 0 Å². The number of carbonyl (C=O) groups is 1. The monoisotopic (exact) mass is 248 g/mol. The smallest absolute Gasteiger partial charge is 0.340 e. The van der Waals surface area contributed by atoms with E-state index in [9.17, 15) is 4.79 Å². The second-order valence-electron chi connectivity index (χ2n) is 4.74. The number of nitrogens with zero attached hydrogens (tertiary/aromatic N) is 1. The van der Waals surface area contributed by atoms with Gasteiger partial charge in [-0.05, 0) is 24.5 Å². The molecule has 0 aromatic heterocycles. The third-order valence-corrected chi connectivity index (χ3v) is 3.69. The van der Waals surface area contributed by atoms with Crippen molar-refractivity contribution in [3.05, 3.63) is 23.8 Å². The fourth-order valence-corrected chi connectivity index (χ4v) is 2.50. The Morgan fingerprint density at radius 2 is 2.33 bits per heavy atom. The number of anilines is 2. The lowest BCUT2D eigenvalue weighted by atomic mass is 10.1. The molecule has 1 aliphatic rings. The van der Waals surface area contributed by atoms with E-state index in [1.54, 1.807) is 6.07 Å². The van der Waals surface area contributed by atoms with Gasteiger partial charge in [-0.1, -0.05) is 19.4 Å². The van der Waals surface area contributed by atoms with Gasteiger partial charge in [-0.15, -0.1) is 0 Å². The highest BCUT2D eigenvalue weighted by molar-refractivity contribution is 5.98. The summed E-state index contributed by atoms with van der Waals surface area (Å²) in [4.78, 5) is 13.9. The zero-order valence-corrected chi connectivity index (χ0v) is 11.0. The van der Waals surface area contributed by atoms with Crippen molar-refractivity contribution in [1.29, 1.82) is 0 Å². The van der Waals surface area contributed by atoms with Crippen LogP contribution in [0.15, 0.2) is 18.2 Å². The molecule has 1 unspecified atom stereocenters. The maximum Gasteiger partial charge on any atom is 0.340 e. The Kier molecular flexibility index (Phi) is 3.75. The minimum atomic E-state index is -0.374. The lowest BCUT2D eigenvalue weighted by Gasteiger charge is -2.21. The zero-order valence-electron chi connectivity index (χ0n) is 11.0. The summed E-state index contributed by atoms with van der Waals surface area (Å²) >= 11 is 0. The minimum absolute atomic E-state index is 0.374. The van der Waals surface area contributed by atoms with Crippen LogP contribution in [-0.4, -0.2) is 26.2 Å². The van der Waals surface area contributed by atoms with E-state index in [-0.39, 0.29) is 5.97 Å². The van der Waals surface area contributed by atoms with Crippen LogP contribution in [0.3, 0.4) is 0 Å². The van der Waals surface area contributed by atoms with Gasteiger partial charge in [-0.25, -0.2) is 4.79 Å². The summed E-state index contributed by atoms with van der Waals surface area (Å²) in [5.41, 5.74) is 8.02. The van der Waals surface area contributed by atoms with Gasteiger partial charge in [0, 0.05) is 13.1 Å². The summed E-state index contributed by atoms with van der Waals surface area (Å²) in [6.45, 7) is 4.24. The maximum atomic E-state index is 11.6. The number of carbonyl (C=O) groups excluding carboxylic acids is 1. The van der Waals surface area contributed by atoms with E-state index in [0.29, 0.717) is 11.3 Å². The Hall–Kier alpha value is -1.71. The van der Waals surface area contributed by atoms with Crippen LogP contribution in [-0.2, 0) is 4.74 Å². The SMILES string of the molecule is CCC1CCN(c2cccc(C(=O)OC)c2N)C1. The molecule has 4 heteroatoms. The lowest BCUT2D eigenvalue weighted by molar-refractivity contribution is 0.0602. The molecule has 0 saturated carbocycles. The van der Waals surface area contributed by atoms with Crippen LogP contribution >= 0.6 is 0 Å². The minimum Gasteiger partial charge on any atom is -0.465 e. The van der Waals surface area contributed by atoms with Crippen molar-refractivity contribution in [2.24, 2.45) is 5.92 Å². The van der Waals surface area contributed by atoms with Gasteiger partial charge in [0.2, 0.25) is 0 Å². The third-order valence-electron chi connectivity index (χ3n) is 3.69. The van der Waals surface area contributed by atoms with Gasteiger partial charge in [0.25, 0.3) is 0 Å². The second-order valence-corrected chi connectivity index (χ2v) is 4.74. The summed E-state index contributed by atoms with van der Waals surface area (Å²) in [5, 5.41) is 0. The van der Waals surface area contributed by atoms with Crippen LogP contribution in [0.4, 0.5) is 11.4 Å². The van der Waals surface area contributed by atoms with Crippen LogP contribution in [0.25, 0.3) is 0 Å². The van der Waals surface area contributed by atoms with E-state index in [1.165, 1.54) is 20.0 Å². The predicted molar refractivity (Wildman–Crippen MR) is 72.8 cm³/mol. The Bertz CT molecular complexity index is 445. The fourth-order valence-electron chi connectivity index (χ4n) is 2.50. The molecular weight excluding hydrogens is 228 g/mol. The van der Waals surface area contributed by atoms with E-state index >= 15 is 0 Å². The summed E-state index contributed by atoms with van der Waals surface area (Å²) < 4.78 is 4.74. The van der Waals surface area contributed by atoms with E-state index in [1.807, 2.05) is 12.1 Å². The third kappa shape index (κ3) is 2.28. The quantitative estimate of drug-likeness (QED) is 0.658. The Labute approximate surface area is 108 Å². The lowest BCUT2D eigenvalue weighted by Crippen LogP contribution is -2.21. The first-order chi connectivity index (χ1) is 8.67. The topological polar surface area (TPSA) is 55.6 Å². The molecule has 0 radical (unpaired) electrons. The van der Waals surface area contributed by atoms with Gasteiger partial charge >= 0.3 is 5.97 Å². The largest absolute Gasteiger partial charge is 0.465 e. The second kappa shape index (κ2) is 5.29. The molecule has 1 atom stereocenters. The molecule has 2 N–H and O–H groups in total. The van der Waals surface area contributed by atoms with Crippen molar-refractivity contribution < 1.29 is 9.53 Å². The average Bonchev–Trinajstić information content (AvgIpc) is 2.86. The standard InChI is InChI=1S/C14H20N2O2/c1-3-10-7-8-16(9-10)12-6-4-5-11(13(12)15)14(17)18-2/h4-6,10H,3,7-9,15H2,1-2H3. The Balaban J connectivity index is 2.27. The number of rotatable bonds is 3. The number of nitrogen functional groups attached to an aromatic ring is 1. The van der Waals surface area contributed by atoms with Crippen LogP contribution in [0.5, 0.6) is 0 Å². The number of ether oxygens (including phenoxy) is 1. The highest BCUT2D eigenvalue weighted by atomic mass is 16.5. The van der Waals surface area contributed by atoms with E-state index < -0.39 is 0 Å². The highest BCUT2D eigenvalue weighted by Crippen LogP contribution is 2.32. The molecule has 18 heavy (non-hydrogen) atoms. The number of methoxy groups -OCH3 is 1. The molecule has 0 spiro atoms. The zero-order chi connectivity index (χ0) is 13.1. The summed E-state index contributed by atoms with van der Waals surface area (Å²) in [7, 11) is 1.37. The normalized spacial score (nSPS) is 19.0. The number of hydrogen-bond donors (Lipinski definition) is 1. The summed E-state index contributed by atoms with van der Waals surface area (Å²) in [6.07, 6.45) is 2.38. The average molecular weight is 248 g/mol. The number of para-hydroxylation sites is 1. The van der Waals surface area contributed by atoms with Crippen molar-refractivity contribution in [2.75, 3.05) is 30.8 Å². The molecular formula is C14H20N2O2. The fraction of sp³-hybridized carbons (Fsp3) is 0.500. The first kappa shape index (κ1) is 12.7. The molecule has 1 saturated heterocycles. The molecule has 98 valence electrons. The van der Waals surface area contributed by atoms with Gasteiger partial charge in [0.15, 0.2) is 0 Å². The summed E-state index contributed by atoms with van der Waals surface area (Å²) in [5.74, 6) is 0.353. The Morgan fingerprint density at radius 1 is 1.56 bits per heavy atom. The Morgan fingerprint density at radius 3 is 2.94 bits per heavy atom. The highest BCUT2D eigenvalue weighted by Gasteiger charge is 2.24. The van der Waals surface area contributed by atoms with Crippen molar-refractivity contribution in [3.8, 4) is 0 Å². The maximum absolute atomic E-state index is 11.6. The van der Waals surface area contributed by atoms with Gasteiger partial charge in [-0.2, -0.15) is 0 Å². The summed E-state index contributed by atoms with van der Waals surface area (Å²) in [6, 6.07) is 5.54. The number of hydrogen-bond acceptors (Lipinski definition) is 4. The molecule has 1 heterocycles. The first-order valence-corrected chi connectivity index (χ1v) is 6.39. The van der Waals surface area contributed by atoms with Crippen LogP contribution in [0, 0.1) is 5.92 Å².